The summed E-state index contributed by atoms with van der Waals surface area (Å²) in [4.78, 5) is 36.9. The number of imidazole rings is 1. The third-order valence-electron chi connectivity index (χ3n) is 6.13. The standard InChI is InChI=1S/C28H24N4O4/c1-2-36-28(35)22(27(33)34)13-7-8-14-32-17-31-25-24(29-16-30-26(25)32)23-15-18-9-3-4-10-19(18)20-11-5-6-12-21(20)23/h3-12,15-17,22H,2,13-14H2,1H3,(H,33,34)/b8-7+. The van der Waals surface area contributed by atoms with Crippen LogP contribution in [0.15, 0.2) is 79.4 Å². The van der Waals surface area contributed by atoms with Gasteiger partial charge in [0.1, 0.15) is 17.5 Å². The van der Waals surface area contributed by atoms with E-state index in [1.807, 2.05) is 28.8 Å². The molecule has 1 N–H and O–H groups in total. The molecule has 36 heavy (non-hydrogen) atoms. The maximum absolute atomic E-state index is 11.9. The molecule has 1 unspecified atom stereocenters. The second-order valence-corrected chi connectivity index (χ2v) is 8.33. The Balaban J connectivity index is 1.48. The van der Waals surface area contributed by atoms with Crippen LogP contribution in [-0.4, -0.2) is 43.2 Å². The molecule has 5 aromatic rings. The first-order valence-electron chi connectivity index (χ1n) is 11.7. The Hall–Kier alpha value is -4.59. The van der Waals surface area contributed by atoms with Gasteiger partial charge >= 0.3 is 11.9 Å². The van der Waals surface area contributed by atoms with Crippen molar-refractivity contribution in [3.05, 3.63) is 79.4 Å². The fourth-order valence-electron chi connectivity index (χ4n) is 4.42. The van der Waals surface area contributed by atoms with E-state index in [1.54, 1.807) is 25.4 Å². The van der Waals surface area contributed by atoms with E-state index < -0.39 is 17.9 Å². The molecule has 0 spiro atoms. The van der Waals surface area contributed by atoms with Crippen molar-refractivity contribution in [1.29, 1.82) is 0 Å². The zero-order valence-corrected chi connectivity index (χ0v) is 19.7. The molecule has 0 radical (unpaired) electrons. The number of hydrogen-bond donors (Lipinski definition) is 1. The van der Waals surface area contributed by atoms with Gasteiger partial charge in [-0.1, -0.05) is 60.7 Å². The molecule has 0 aliphatic rings. The number of aromatic nitrogens is 4. The minimum absolute atomic E-state index is 0.0457. The van der Waals surface area contributed by atoms with Crippen LogP contribution in [0.2, 0.25) is 0 Å². The number of carbonyl (C=O) groups excluding carboxylic acids is 1. The fourth-order valence-corrected chi connectivity index (χ4v) is 4.42. The van der Waals surface area contributed by atoms with Crippen molar-refractivity contribution in [2.45, 2.75) is 19.9 Å². The van der Waals surface area contributed by atoms with Gasteiger partial charge in [0.2, 0.25) is 0 Å². The van der Waals surface area contributed by atoms with E-state index in [0.717, 1.165) is 27.4 Å². The summed E-state index contributed by atoms with van der Waals surface area (Å²) in [6, 6.07) is 18.7. The predicted octanol–water partition coefficient (Wildman–Crippen LogP) is 5.01. The van der Waals surface area contributed by atoms with Gasteiger partial charge in [0.15, 0.2) is 11.6 Å². The van der Waals surface area contributed by atoms with Crippen LogP contribution < -0.4 is 0 Å². The lowest BCUT2D eigenvalue weighted by Gasteiger charge is -2.10. The van der Waals surface area contributed by atoms with Gasteiger partial charge in [-0.05, 0) is 41.0 Å². The Morgan fingerprint density at radius 3 is 2.53 bits per heavy atom. The van der Waals surface area contributed by atoms with E-state index in [4.69, 9.17) is 4.74 Å². The molecule has 0 saturated carbocycles. The number of carboxylic acids is 1. The van der Waals surface area contributed by atoms with E-state index in [-0.39, 0.29) is 13.0 Å². The minimum Gasteiger partial charge on any atom is -0.481 e. The van der Waals surface area contributed by atoms with E-state index >= 15 is 0 Å². The quantitative estimate of drug-likeness (QED) is 0.144. The molecule has 0 saturated heterocycles. The monoisotopic (exact) mass is 480 g/mol. The van der Waals surface area contributed by atoms with Crippen molar-refractivity contribution < 1.29 is 19.4 Å². The second kappa shape index (κ2) is 9.95. The number of nitrogens with zero attached hydrogens (tertiary/aromatic N) is 4. The highest BCUT2D eigenvalue weighted by Crippen LogP contribution is 2.36. The Morgan fingerprint density at radius 2 is 1.75 bits per heavy atom. The molecule has 2 heterocycles. The molecule has 180 valence electrons. The number of benzene rings is 3. The zero-order valence-electron chi connectivity index (χ0n) is 19.7. The van der Waals surface area contributed by atoms with E-state index in [0.29, 0.717) is 17.7 Å². The molecular formula is C28H24N4O4. The first kappa shape index (κ1) is 23.2. The maximum atomic E-state index is 11.9. The SMILES string of the molecule is CCOC(=O)C(C/C=C/Cn1cnc2c(-c3cc4ccccc4c4ccccc34)ncnc21)C(=O)O. The Labute approximate surface area is 206 Å². The van der Waals surface area contributed by atoms with E-state index in [9.17, 15) is 14.7 Å². The van der Waals surface area contributed by atoms with E-state index in [2.05, 4.69) is 45.3 Å². The normalized spacial score (nSPS) is 12.5. The lowest BCUT2D eigenvalue weighted by Crippen LogP contribution is -2.25. The number of hydrogen-bond acceptors (Lipinski definition) is 6. The van der Waals surface area contributed by atoms with Crippen molar-refractivity contribution in [2.75, 3.05) is 6.61 Å². The van der Waals surface area contributed by atoms with Gasteiger partial charge in [-0.15, -0.1) is 0 Å². The van der Waals surface area contributed by atoms with Crippen LogP contribution in [0.5, 0.6) is 0 Å². The topological polar surface area (TPSA) is 107 Å². The third kappa shape index (κ3) is 4.29. The van der Waals surface area contributed by atoms with Gasteiger partial charge in [-0.3, -0.25) is 9.59 Å². The van der Waals surface area contributed by atoms with Crippen LogP contribution in [-0.2, 0) is 20.9 Å². The van der Waals surface area contributed by atoms with Crippen molar-refractivity contribution in [3.8, 4) is 11.3 Å². The average molecular weight is 481 g/mol. The van der Waals surface area contributed by atoms with Crippen molar-refractivity contribution >= 4 is 44.6 Å². The molecule has 0 amide bonds. The summed E-state index contributed by atoms with van der Waals surface area (Å²) in [6.07, 6.45) is 6.73. The van der Waals surface area contributed by atoms with Crippen LogP contribution in [0.4, 0.5) is 0 Å². The summed E-state index contributed by atoms with van der Waals surface area (Å²) in [5.41, 5.74) is 3.08. The molecule has 3 aromatic carbocycles. The molecule has 8 nitrogen and oxygen atoms in total. The van der Waals surface area contributed by atoms with Crippen LogP contribution >= 0.6 is 0 Å². The molecule has 0 bridgehead atoms. The lowest BCUT2D eigenvalue weighted by atomic mass is 9.95. The number of aliphatic carboxylic acids is 1. The Bertz CT molecular complexity index is 1620. The molecule has 8 heteroatoms. The predicted molar refractivity (Wildman–Crippen MR) is 137 cm³/mol. The first-order valence-corrected chi connectivity index (χ1v) is 11.7. The molecule has 2 aromatic heterocycles. The number of carboxylic acid groups (broad SMARTS) is 1. The van der Waals surface area contributed by atoms with Gasteiger partial charge in [-0.2, -0.15) is 0 Å². The van der Waals surface area contributed by atoms with Gasteiger partial charge in [0.05, 0.1) is 12.9 Å². The molecular weight excluding hydrogens is 456 g/mol. The number of esters is 1. The highest BCUT2D eigenvalue weighted by molar-refractivity contribution is 6.14. The van der Waals surface area contributed by atoms with Crippen molar-refractivity contribution in [1.82, 2.24) is 19.5 Å². The molecule has 5 rings (SSSR count). The Kier molecular flexibility index (Phi) is 6.40. The van der Waals surface area contributed by atoms with E-state index in [1.165, 1.54) is 11.7 Å². The third-order valence-corrected chi connectivity index (χ3v) is 6.13. The molecule has 0 fully saturated rings. The number of rotatable bonds is 8. The Morgan fingerprint density at radius 1 is 1.00 bits per heavy atom. The highest BCUT2D eigenvalue weighted by Gasteiger charge is 2.26. The summed E-state index contributed by atoms with van der Waals surface area (Å²) < 4.78 is 6.71. The first-order chi connectivity index (χ1) is 17.6. The summed E-state index contributed by atoms with van der Waals surface area (Å²) in [7, 11) is 0. The molecule has 0 aliphatic carbocycles. The molecule has 0 aliphatic heterocycles. The van der Waals surface area contributed by atoms with Crippen LogP contribution in [0.1, 0.15) is 13.3 Å². The smallest absolute Gasteiger partial charge is 0.320 e. The van der Waals surface area contributed by atoms with Crippen molar-refractivity contribution in [3.63, 3.8) is 0 Å². The zero-order chi connectivity index (χ0) is 25.1. The number of fused-ring (bicyclic) bond motifs is 4. The second-order valence-electron chi connectivity index (χ2n) is 8.33. The van der Waals surface area contributed by atoms with Crippen LogP contribution in [0.3, 0.4) is 0 Å². The molecule has 1 atom stereocenters. The summed E-state index contributed by atoms with van der Waals surface area (Å²) in [5.74, 6) is -3.16. The lowest BCUT2D eigenvalue weighted by molar-refractivity contribution is -0.158. The number of carbonyl (C=O) groups is 2. The fraction of sp³-hybridized carbons (Fsp3) is 0.179. The van der Waals surface area contributed by atoms with Gasteiger partial charge < -0.3 is 14.4 Å². The van der Waals surface area contributed by atoms with Gasteiger partial charge in [-0.25, -0.2) is 15.0 Å². The average Bonchev–Trinajstić information content (AvgIpc) is 3.31. The number of allylic oxidation sites excluding steroid dienone is 2. The number of ether oxygens (including phenoxy) is 1. The maximum Gasteiger partial charge on any atom is 0.320 e. The van der Waals surface area contributed by atoms with Gasteiger partial charge in [0.25, 0.3) is 0 Å². The summed E-state index contributed by atoms with van der Waals surface area (Å²) >= 11 is 0. The highest BCUT2D eigenvalue weighted by atomic mass is 16.5. The summed E-state index contributed by atoms with van der Waals surface area (Å²) in [6.45, 7) is 2.20. The summed E-state index contributed by atoms with van der Waals surface area (Å²) in [5, 5.41) is 13.8. The van der Waals surface area contributed by atoms with Crippen LogP contribution in [0.25, 0.3) is 44.0 Å². The van der Waals surface area contributed by atoms with Crippen LogP contribution in [0, 0.1) is 5.92 Å². The van der Waals surface area contributed by atoms with Gasteiger partial charge in [0, 0.05) is 12.1 Å². The van der Waals surface area contributed by atoms with Crippen molar-refractivity contribution in [2.24, 2.45) is 5.92 Å². The minimum atomic E-state index is -1.23. The largest absolute Gasteiger partial charge is 0.481 e.